The van der Waals surface area contributed by atoms with E-state index in [2.05, 4.69) is 11.8 Å². The van der Waals surface area contributed by atoms with Gasteiger partial charge in [0.2, 0.25) is 0 Å². The summed E-state index contributed by atoms with van der Waals surface area (Å²) >= 11 is 4.34. The molecular weight excluding hydrogens is 299 g/mol. The quantitative estimate of drug-likeness (QED) is 0.249. The lowest BCUT2D eigenvalue weighted by Gasteiger charge is -2.07. The summed E-state index contributed by atoms with van der Waals surface area (Å²) in [7, 11) is 0. The van der Waals surface area contributed by atoms with E-state index in [9.17, 15) is 4.79 Å². The number of allylic oxidation sites excluding steroid dienone is 1. The van der Waals surface area contributed by atoms with Gasteiger partial charge in [-0.15, -0.1) is 0 Å². The van der Waals surface area contributed by atoms with Gasteiger partial charge in [-0.25, -0.2) is 4.79 Å². The molecule has 5 nitrogen and oxygen atoms in total. The van der Waals surface area contributed by atoms with Crippen LogP contribution in [0.5, 0.6) is 0 Å². The second-order valence-corrected chi connectivity index (χ2v) is 7.13. The van der Waals surface area contributed by atoms with E-state index in [0.717, 1.165) is 44.9 Å². The molecule has 7 heteroatoms. The molecule has 118 valence electrons. The molecule has 2 N–H and O–H groups in total. The Morgan fingerprint density at radius 3 is 2.05 bits per heavy atom. The van der Waals surface area contributed by atoms with E-state index in [1.807, 2.05) is 0 Å². The Labute approximate surface area is 126 Å². The number of hydrogen-bond acceptors (Lipinski definition) is 4. The number of esters is 1. The fourth-order valence-corrected chi connectivity index (χ4v) is 2.22. The van der Waals surface area contributed by atoms with E-state index in [1.165, 1.54) is 6.08 Å². The van der Waals surface area contributed by atoms with Gasteiger partial charge in [-0.2, -0.15) is 0 Å². The van der Waals surface area contributed by atoms with Gasteiger partial charge in [0.15, 0.2) is 0 Å². The van der Waals surface area contributed by atoms with E-state index >= 15 is 0 Å². The summed E-state index contributed by atoms with van der Waals surface area (Å²) in [6, 6.07) is 0. The first-order valence-electron chi connectivity index (χ1n) is 6.95. The number of carbonyl (C=O) groups is 1. The summed E-state index contributed by atoms with van der Waals surface area (Å²) in [6.07, 6.45) is 10.1. The predicted molar refractivity (Wildman–Crippen MR) is 82.8 cm³/mol. The number of rotatable bonds is 12. The molecule has 0 fully saturated rings. The van der Waals surface area contributed by atoms with Crippen LogP contribution in [0, 0.1) is 0 Å². The molecular formula is C13H25O5PS. The largest absolute Gasteiger partial charge is 0.463 e. The molecule has 0 aromatic rings. The molecule has 0 saturated carbocycles. The normalized spacial score (nSPS) is 11.9. The van der Waals surface area contributed by atoms with Crippen molar-refractivity contribution in [3.63, 3.8) is 0 Å². The van der Waals surface area contributed by atoms with Crippen molar-refractivity contribution in [3.05, 3.63) is 12.2 Å². The molecule has 0 aliphatic rings. The van der Waals surface area contributed by atoms with Gasteiger partial charge in [-0.1, -0.05) is 38.2 Å². The van der Waals surface area contributed by atoms with Crippen LogP contribution in [-0.4, -0.2) is 29.0 Å². The maximum atomic E-state index is 11.0. The Balaban J connectivity index is 3.17. The molecule has 0 bridgehead atoms. The molecule has 0 radical (unpaired) electrons. The van der Waals surface area contributed by atoms with Crippen LogP contribution in [0.15, 0.2) is 12.2 Å². The molecule has 0 unspecified atom stereocenters. The number of carbonyl (C=O) groups excluding carboxylic acids is 1. The molecule has 0 aliphatic carbocycles. The van der Waals surface area contributed by atoms with Crippen LogP contribution in [-0.2, 0) is 25.9 Å². The van der Waals surface area contributed by atoms with Crippen molar-refractivity contribution < 1.29 is 23.8 Å². The van der Waals surface area contributed by atoms with Gasteiger partial charge in [0.25, 0.3) is 0 Å². The van der Waals surface area contributed by atoms with Crippen LogP contribution in [0.3, 0.4) is 0 Å². The minimum absolute atomic E-state index is 0.277. The second-order valence-electron chi connectivity index (χ2n) is 4.47. The molecule has 0 heterocycles. The van der Waals surface area contributed by atoms with Crippen LogP contribution in [0.2, 0.25) is 0 Å². The van der Waals surface area contributed by atoms with Crippen molar-refractivity contribution in [2.24, 2.45) is 0 Å². The summed E-state index contributed by atoms with van der Waals surface area (Å²) in [5.41, 5.74) is 0. The van der Waals surface area contributed by atoms with Gasteiger partial charge < -0.3 is 19.0 Å². The van der Waals surface area contributed by atoms with Crippen LogP contribution in [0.25, 0.3) is 0 Å². The molecule has 0 saturated heterocycles. The average Bonchev–Trinajstić information content (AvgIpc) is 2.35. The van der Waals surface area contributed by atoms with Crippen LogP contribution in [0.4, 0.5) is 0 Å². The maximum absolute atomic E-state index is 11.0. The highest BCUT2D eigenvalue weighted by molar-refractivity contribution is 8.06. The van der Waals surface area contributed by atoms with E-state index in [0.29, 0.717) is 13.2 Å². The third kappa shape index (κ3) is 15.8. The zero-order valence-corrected chi connectivity index (χ0v) is 13.7. The van der Waals surface area contributed by atoms with E-state index in [-0.39, 0.29) is 5.97 Å². The predicted octanol–water partition coefficient (Wildman–Crippen LogP) is 3.06. The lowest BCUT2D eigenvalue weighted by molar-refractivity contribution is -0.137. The molecule has 0 aromatic heterocycles. The van der Waals surface area contributed by atoms with Gasteiger partial charge in [0, 0.05) is 6.08 Å². The molecule has 0 rings (SSSR count). The van der Waals surface area contributed by atoms with Crippen LogP contribution < -0.4 is 0 Å². The third-order valence-electron chi connectivity index (χ3n) is 2.60. The summed E-state index contributed by atoms with van der Waals surface area (Å²) in [4.78, 5) is 28.7. The maximum Gasteiger partial charge on any atom is 0.330 e. The van der Waals surface area contributed by atoms with E-state index < -0.39 is 6.72 Å². The zero-order chi connectivity index (χ0) is 15.3. The topological polar surface area (TPSA) is 76.0 Å². The smallest absolute Gasteiger partial charge is 0.330 e. The number of hydrogen-bond donors (Lipinski definition) is 2. The fourth-order valence-electron chi connectivity index (χ4n) is 1.63. The van der Waals surface area contributed by atoms with Gasteiger partial charge >= 0.3 is 12.7 Å². The lowest BCUT2D eigenvalue weighted by atomic mass is 10.1. The van der Waals surface area contributed by atoms with Gasteiger partial charge in [-0.3, -0.25) is 0 Å². The Kier molecular flexibility index (Phi) is 12.3. The number of unbranched alkanes of at least 4 members (excludes halogenated alkanes) is 6. The minimum atomic E-state index is -3.47. The summed E-state index contributed by atoms with van der Waals surface area (Å²) in [5.74, 6) is -0.277. The molecule has 0 atom stereocenters. The van der Waals surface area contributed by atoms with Crippen LogP contribution in [0.1, 0.15) is 51.9 Å². The first-order valence-corrected chi connectivity index (χ1v) is 9.58. The monoisotopic (exact) mass is 324 g/mol. The zero-order valence-electron chi connectivity index (χ0n) is 12.0. The molecule has 20 heavy (non-hydrogen) atoms. The Hall–Kier alpha value is -0.260. The Morgan fingerprint density at radius 1 is 1.05 bits per heavy atom. The SMILES string of the molecule is CC=CC(=O)OCCCCCCCCCOP(O)(O)=S. The first-order chi connectivity index (χ1) is 9.45. The van der Waals surface area contributed by atoms with Gasteiger partial charge in [-0.05, 0) is 31.6 Å². The second kappa shape index (κ2) is 12.5. The Morgan fingerprint density at radius 2 is 1.55 bits per heavy atom. The highest BCUT2D eigenvalue weighted by atomic mass is 32.5. The van der Waals surface area contributed by atoms with Crippen molar-refractivity contribution in [2.75, 3.05) is 13.2 Å². The standard InChI is InChI=1S/C13H25O5PS/c1-2-10-13(14)17-11-8-6-4-3-5-7-9-12-18-19(15,16)20/h2,10H,3-9,11-12H2,1H3,(H2,15,16,20). The number of ether oxygens (including phenoxy) is 1. The van der Waals surface area contributed by atoms with Crippen molar-refractivity contribution in [1.82, 2.24) is 0 Å². The highest BCUT2D eigenvalue weighted by Crippen LogP contribution is 2.36. The lowest BCUT2D eigenvalue weighted by Crippen LogP contribution is -2.01. The first kappa shape index (κ1) is 19.7. The van der Waals surface area contributed by atoms with Gasteiger partial charge in [0.1, 0.15) is 0 Å². The Bertz CT molecular complexity index is 327. The van der Waals surface area contributed by atoms with Crippen LogP contribution >= 0.6 is 6.72 Å². The van der Waals surface area contributed by atoms with Crippen molar-refractivity contribution in [3.8, 4) is 0 Å². The van der Waals surface area contributed by atoms with E-state index in [1.54, 1.807) is 13.0 Å². The van der Waals surface area contributed by atoms with E-state index in [4.69, 9.17) is 19.0 Å². The average molecular weight is 324 g/mol. The fraction of sp³-hybridized carbons (Fsp3) is 0.769. The van der Waals surface area contributed by atoms with Crippen molar-refractivity contribution >= 4 is 24.5 Å². The summed E-state index contributed by atoms with van der Waals surface area (Å²) in [5, 5.41) is 0. The van der Waals surface area contributed by atoms with Gasteiger partial charge in [0.05, 0.1) is 13.2 Å². The molecule has 0 spiro atoms. The minimum Gasteiger partial charge on any atom is -0.463 e. The highest BCUT2D eigenvalue weighted by Gasteiger charge is 2.06. The summed E-state index contributed by atoms with van der Waals surface area (Å²) < 4.78 is 9.69. The molecule has 0 amide bonds. The third-order valence-corrected chi connectivity index (χ3v) is 3.43. The molecule has 0 aliphatic heterocycles. The van der Waals surface area contributed by atoms with Crippen molar-refractivity contribution in [1.29, 1.82) is 0 Å². The summed E-state index contributed by atoms with van der Waals surface area (Å²) in [6.45, 7) is -0.893. The molecule has 0 aromatic carbocycles. The van der Waals surface area contributed by atoms with Crippen molar-refractivity contribution in [2.45, 2.75) is 51.9 Å².